The topological polar surface area (TPSA) is 41.6 Å². The summed E-state index contributed by atoms with van der Waals surface area (Å²) < 4.78 is 14.1. The molecule has 1 aliphatic heterocycles. The first-order valence-electron chi connectivity index (χ1n) is 7.67. The van der Waals surface area contributed by atoms with Crippen LogP contribution in [0.5, 0.6) is 0 Å². The van der Waals surface area contributed by atoms with E-state index in [2.05, 4.69) is 0 Å². The van der Waals surface area contributed by atoms with Crippen molar-refractivity contribution in [2.45, 2.75) is 25.0 Å². The first kappa shape index (κ1) is 13.5. The normalized spacial score (nSPS) is 21.5. The fourth-order valence-corrected chi connectivity index (χ4v) is 3.01. The van der Waals surface area contributed by atoms with Crippen LogP contribution in [0.3, 0.4) is 0 Å². The molecule has 0 amide bonds. The summed E-state index contributed by atoms with van der Waals surface area (Å²) in [4.78, 5) is 6.76. The van der Waals surface area contributed by atoms with E-state index in [0.29, 0.717) is 16.5 Å². The van der Waals surface area contributed by atoms with E-state index >= 15 is 0 Å². The fourth-order valence-electron chi connectivity index (χ4n) is 3.01. The lowest BCUT2D eigenvalue weighted by molar-refractivity contribution is 0.475. The maximum Gasteiger partial charge on any atom is 0.141 e. The number of halogens is 1. The van der Waals surface area contributed by atoms with Gasteiger partial charge in [0.1, 0.15) is 12.0 Å². The molecule has 4 rings (SSSR count). The third-order valence-corrected chi connectivity index (χ3v) is 4.42. The molecule has 1 aliphatic carbocycles. The Bertz CT molecular complexity index is 799. The van der Waals surface area contributed by atoms with Crippen molar-refractivity contribution in [1.82, 2.24) is 0 Å². The van der Waals surface area contributed by atoms with Crippen molar-refractivity contribution in [3.63, 3.8) is 0 Å². The second kappa shape index (κ2) is 5.21. The lowest BCUT2D eigenvalue weighted by Crippen LogP contribution is -2.52. The molecule has 2 aliphatic rings. The molecule has 2 aromatic rings. The van der Waals surface area contributed by atoms with Crippen LogP contribution in [0.25, 0.3) is 6.20 Å². The molecule has 0 saturated heterocycles. The molecule has 2 atom stereocenters. The average molecular weight is 295 g/mol. The zero-order valence-corrected chi connectivity index (χ0v) is 12.2. The summed E-state index contributed by atoms with van der Waals surface area (Å²) in [6.45, 7) is 0. The second-order valence-corrected chi connectivity index (χ2v) is 6.00. The molecule has 1 fully saturated rings. The first-order chi connectivity index (χ1) is 10.7. The van der Waals surface area contributed by atoms with E-state index in [1.165, 1.54) is 6.07 Å². The van der Waals surface area contributed by atoms with Gasteiger partial charge in [0.25, 0.3) is 0 Å². The third kappa shape index (κ3) is 2.29. The second-order valence-electron chi connectivity index (χ2n) is 6.00. The molecular weight excluding hydrogens is 277 g/mol. The summed E-state index contributed by atoms with van der Waals surface area (Å²) >= 11 is 0. The van der Waals surface area contributed by atoms with Crippen molar-refractivity contribution >= 4 is 11.9 Å². The Morgan fingerprint density at radius 1 is 1.09 bits per heavy atom. The highest BCUT2D eigenvalue weighted by molar-refractivity contribution is 5.60. The van der Waals surface area contributed by atoms with E-state index in [1.807, 2.05) is 47.5 Å². The highest BCUT2D eigenvalue weighted by Gasteiger charge is 2.37. The van der Waals surface area contributed by atoms with Crippen LogP contribution in [0, 0.1) is 11.7 Å². The Kier molecular flexibility index (Phi) is 3.19. The summed E-state index contributed by atoms with van der Waals surface area (Å²) in [6.07, 6.45) is 3.99. The molecule has 4 heteroatoms. The minimum absolute atomic E-state index is 0.0344. The van der Waals surface area contributed by atoms with Gasteiger partial charge in [-0.1, -0.05) is 24.3 Å². The maximum atomic E-state index is 14.1. The standard InChI is InChI=1S/C18H18FN3/c19-15-7-4-8-16-14(15)11-22(13-5-2-1-3-6-13)18(21-16)17(20)12-9-10-12/h1-8,11-12,17-18H,9-10,20H2/t17?,18-/m1/s1. The molecule has 0 spiro atoms. The molecule has 0 bridgehead atoms. The van der Waals surface area contributed by atoms with Gasteiger partial charge in [0.15, 0.2) is 0 Å². The molecule has 2 N–H and O–H groups in total. The van der Waals surface area contributed by atoms with E-state index in [4.69, 9.17) is 10.7 Å². The number of para-hydroxylation sites is 1. The van der Waals surface area contributed by atoms with E-state index < -0.39 is 0 Å². The zero-order valence-electron chi connectivity index (χ0n) is 12.2. The van der Waals surface area contributed by atoms with Gasteiger partial charge in [0.2, 0.25) is 0 Å². The molecule has 1 unspecified atom stereocenters. The molecule has 0 aromatic heterocycles. The monoisotopic (exact) mass is 295 g/mol. The van der Waals surface area contributed by atoms with Gasteiger partial charge in [-0.25, -0.2) is 4.39 Å². The smallest absolute Gasteiger partial charge is 0.141 e. The highest BCUT2D eigenvalue weighted by Crippen LogP contribution is 2.35. The summed E-state index contributed by atoms with van der Waals surface area (Å²) in [5, 5.41) is 1.22. The van der Waals surface area contributed by atoms with Crippen molar-refractivity contribution in [3.8, 4) is 0 Å². The number of hydrogen-bond donors (Lipinski definition) is 1. The van der Waals surface area contributed by atoms with Crippen LogP contribution in [-0.2, 0) is 0 Å². The van der Waals surface area contributed by atoms with Crippen LogP contribution < -0.4 is 21.2 Å². The quantitative estimate of drug-likeness (QED) is 0.937. The number of hydrogen-bond acceptors (Lipinski definition) is 3. The zero-order chi connectivity index (χ0) is 15.1. The molecule has 3 nitrogen and oxygen atoms in total. The minimum atomic E-state index is -0.249. The predicted octanol–water partition coefficient (Wildman–Crippen LogP) is 1.77. The van der Waals surface area contributed by atoms with Crippen molar-refractivity contribution in [2.24, 2.45) is 16.6 Å². The Morgan fingerprint density at radius 3 is 2.59 bits per heavy atom. The highest BCUT2D eigenvalue weighted by atomic mass is 19.1. The van der Waals surface area contributed by atoms with E-state index in [-0.39, 0.29) is 18.0 Å². The Balaban J connectivity index is 1.87. The largest absolute Gasteiger partial charge is 0.324 e. The van der Waals surface area contributed by atoms with Gasteiger partial charge in [0, 0.05) is 17.9 Å². The molecule has 2 aromatic carbocycles. The van der Waals surface area contributed by atoms with Crippen LogP contribution in [0.1, 0.15) is 12.8 Å². The Morgan fingerprint density at radius 2 is 1.86 bits per heavy atom. The number of rotatable bonds is 3. The number of benzene rings is 2. The molecule has 1 heterocycles. The van der Waals surface area contributed by atoms with Crippen molar-refractivity contribution in [3.05, 3.63) is 64.9 Å². The van der Waals surface area contributed by atoms with Crippen LogP contribution in [-0.4, -0.2) is 12.2 Å². The predicted molar refractivity (Wildman–Crippen MR) is 85.1 cm³/mol. The Hall–Kier alpha value is -2.20. The van der Waals surface area contributed by atoms with Gasteiger partial charge in [-0.2, -0.15) is 0 Å². The van der Waals surface area contributed by atoms with Gasteiger partial charge >= 0.3 is 0 Å². The minimum Gasteiger partial charge on any atom is -0.324 e. The van der Waals surface area contributed by atoms with E-state index in [1.54, 1.807) is 6.07 Å². The van der Waals surface area contributed by atoms with Crippen molar-refractivity contribution < 1.29 is 4.39 Å². The first-order valence-corrected chi connectivity index (χ1v) is 7.67. The lowest BCUT2D eigenvalue weighted by atomic mass is 10.1. The van der Waals surface area contributed by atoms with Crippen LogP contribution in [0.15, 0.2) is 53.5 Å². The molecule has 112 valence electrons. The van der Waals surface area contributed by atoms with Gasteiger partial charge in [0.05, 0.1) is 10.6 Å². The summed E-state index contributed by atoms with van der Waals surface area (Å²) in [6, 6.07) is 14.9. The van der Waals surface area contributed by atoms with Crippen LogP contribution in [0.2, 0.25) is 0 Å². The Labute approximate surface area is 128 Å². The van der Waals surface area contributed by atoms with Crippen LogP contribution in [0.4, 0.5) is 10.1 Å². The number of nitrogens with zero attached hydrogens (tertiary/aromatic N) is 2. The molecule has 0 radical (unpaired) electrons. The van der Waals surface area contributed by atoms with Crippen molar-refractivity contribution in [2.75, 3.05) is 4.90 Å². The van der Waals surface area contributed by atoms with Gasteiger partial charge in [-0.3, -0.25) is 4.99 Å². The summed E-state index contributed by atoms with van der Waals surface area (Å²) in [7, 11) is 0. The molecule has 1 saturated carbocycles. The maximum absolute atomic E-state index is 14.1. The number of nitrogens with two attached hydrogens (primary N) is 1. The molecular formula is C18H18FN3. The summed E-state index contributed by atoms with van der Waals surface area (Å²) in [5.41, 5.74) is 7.41. The van der Waals surface area contributed by atoms with Crippen molar-refractivity contribution in [1.29, 1.82) is 0 Å². The lowest BCUT2D eigenvalue weighted by Gasteiger charge is -2.34. The van der Waals surface area contributed by atoms with E-state index in [9.17, 15) is 4.39 Å². The SMILES string of the molecule is NC(C1CC1)[C@@H]1N=c2cccc(F)c2=CN1c1ccccc1. The van der Waals surface area contributed by atoms with Gasteiger partial charge in [-0.05, 0) is 43.0 Å². The van der Waals surface area contributed by atoms with Crippen LogP contribution >= 0.6 is 0 Å². The number of anilines is 1. The van der Waals surface area contributed by atoms with E-state index in [0.717, 1.165) is 18.5 Å². The number of fused-ring (bicyclic) bond motifs is 1. The summed E-state index contributed by atoms with van der Waals surface area (Å²) in [5.74, 6) is 0.268. The fraction of sp³-hybridized carbons (Fsp3) is 0.278. The third-order valence-electron chi connectivity index (χ3n) is 4.42. The average Bonchev–Trinajstić information content (AvgIpc) is 3.39. The van der Waals surface area contributed by atoms with Gasteiger partial charge < -0.3 is 10.6 Å². The van der Waals surface area contributed by atoms with Gasteiger partial charge in [-0.15, -0.1) is 0 Å². The molecule has 22 heavy (non-hydrogen) atoms.